The molecule has 0 aromatic heterocycles. The highest BCUT2D eigenvalue weighted by molar-refractivity contribution is 9.10. The van der Waals surface area contributed by atoms with Crippen LogP contribution in [0.25, 0.3) is 0 Å². The summed E-state index contributed by atoms with van der Waals surface area (Å²) >= 11 is 15.1. The second-order valence-corrected chi connectivity index (χ2v) is 8.76. The molecule has 3 rings (SSSR count). The van der Waals surface area contributed by atoms with Gasteiger partial charge in [0.25, 0.3) is 11.8 Å². The third kappa shape index (κ3) is 5.99. The van der Waals surface area contributed by atoms with Gasteiger partial charge in [0.2, 0.25) is 5.91 Å². The molecule has 168 valence electrons. The van der Waals surface area contributed by atoms with Crippen molar-refractivity contribution >= 4 is 68.5 Å². The number of ether oxygens (including phenoxy) is 1. The maximum absolute atomic E-state index is 12.3. The molecule has 0 saturated carbocycles. The number of hydrogen-bond donors (Lipinski definition) is 2. The monoisotopic (exact) mass is 541 g/mol. The van der Waals surface area contributed by atoms with E-state index >= 15 is 0 Å². The van der Waals surface area contributed by atoms with Gasteiger partial charge in [-0.05, 0) is 48.9 Å². The number of amides is 3. The molecule has 3 amide bonds. The maximum Gasteiger partial charge on any atom is 0.311 e. The van der Waals surface area contributed by atoms with Gasteiger partial charge >= 0.3 is 5.97 Å². The minimum Gasteiger partial charge on any atom is -0.455 e. The number of halogens is 3. The molecular weight excluding hydrogens is 525 g/mol. The van der Waals surface area contributed by atoms with Crippen molar-refractivity contribution in [1.82, 2.24) is 10.4 Å². The zero-order valence-corrected chi connectivity index (χ0v) is 19.9. The third-order valence-electron chi connectivity index (χ3n) is 4.66. The predicted octanol–water partition coefficient (Wildman–Crippen LogP) is 3.74. The maximum atomic E-state index is 12.3. The Morgan fingerprint density at radius 2 is 1.91 bits per heavy atom. The molecule has 1 heterocycles. The van der Waals surface area contributed by atoms with E-state index in [4.69, 9.17) is 27.9 Å². The fraction of sp³-hybridized carbons (Fsp3) is 0.238. The molecule has 0 spiro atoms. The normalized spacial score (nSPS) is 15.4. The Kier molecular flexibility index (Phi) is 7.76. The molecule has 0 aliphatic carbocycles. The van der Waals surface area contributed by atoms with Gasteiger partial charge in [0.15, 0.2) is 6.61 Å². The average molecular weight is 543 g/mol. The Bertz CT molecular complexity index is 1100. The number of hydrazine groups is 1. The molecule has 1 fully saturated rings. The second-order valence-electron chi connectivity index (χ2n) is 7.10. The van der Waals surface area contributed by atoms with E-state index in [0.717, 1.165) is 15.0 Å². The molecule has 0 unspecified atom stereocenters. The zero-order chi connectivity index (χ0) is 23.4. The van der Waals surface area contributed by atoms with Crippen LogP contribution in [0.1, 0.15) is 22.3 Å². The molecule has 1 aliphatic rings. The van der Waals surface area contributed by atoms with E-state index in [-0.39, 0.29) is 23.6 Å². The van der Waals surface area contributed by atoms with Crippen molar-refractivity contribution < 1.29 is 23.9 Å². The Morgan fingerprint density at radius 3 is 2.59 bits per heavy atom. The van der Waals surface area contributed by atoms with Crippen LogP contribution in [0, 0.1) is 12.8 Å². The van der Waals surface area contributed by atoms with Crippen LogP contribution in [0.15, 0.2) is 40.9 Å². The third-order valence-corrected chi connectivity index (χ3v) is 6.29. The summed E-state index contributed by atoms with van der Waals surface area (Å²) < 4.78 is 5.95. The van der Waals surface area contributed by atoms with E-state index in [0.29, 0.717) is 10.7 Å². The van der Waals surface area contributed by atoms with Crippen molar-refractivity contribution in [2.24, 2.45) is 5.92 Å². The van der Waals surface area contributed by atoms with Crippen LogP contribution in [0.3, 0.4) is 0 Å². The Balaban J connectivity index is 1.49. The molecule has 32 heavy (non-hydrogen) atoms. The number of nitrogens with one attached hydrogen (secondary N) is 2. The number of hydrogen-bond acceptors (Lipinski definition) is 5. The quantitative estimate of drug-likeness (QED) is 0.541. The van der Waals surface area contributed by atoms with Gasteiger partial charge in [-0.15, -0.1) is 0 Å². The van der Waals surface area contributed by atoms with Crippen molar-refractivity contribution in [2.45, 2.75) is 13.3 Å². The highest BCUT2D eigenvalue weighted by Gasteiger charge is 2.36. The second kappa shape index (κ2) is 10.3. The van der Waals surface area contributed by atoms with Crippen LogP contribution in [-0.2, 0) is 19.1 Å². The first-order chi connectivity index (χ1) is 15.1. The molecule has 0 radical (unpaired) electrons. The van der Waals surface area contributed by atoms with E-state index in [2.05, 4.69) is 26.7 Å². The van der Waals surface area contributed by atoms with E-state index in [1.165, 1.54) is 18.2 Å². The summed E-state index contributed by atoms with van der Waals surface area (Å²) in [7, 11) is 0. The Morgan fingerprint density at radius 1 is 1.16 bits per heavy atom. The first kappa shape index (κ1) is 24.0. The average Bonchev–Trinajstić information content (AvgIpc) is 3.11. The fourth-order valence-electron chi connectivity index (χ4n) is 2.97. The van der Waals surface area contributed by atoms with Gasteiger partial charge in [0.1, 0.15) is 0 Å². The number of benzene rings is 2. The van der Waals surface area contributed by atoms with Gasteiger partial charge in [-0.2, -0.15) is 0 Å². The molecule has 0 bridgehead atoms. The molecule has 2 aromatic rings. The number of aryl methyl sites for hydroxylation is 1. The lowest BCUT2D eigenvalue weighted by Gasteiger charge is -2.17. The summed E-state index contributed by atoms with van der Waals surface area (Å²) in [5.41, 5.74) is 4.15. The number of carbonyl (C=O) groups is 4. The van der Waals surface area contributed by atoms with Crippen LogP contribution in [0.2, 0.25) is 10.0 Å². The van der Waals surface area contributed by atoms with Crippen molar-refractivity contribution in [3.05, 3.63) is 62.0 Å². The van der Waals surface area contributed by atoms with Crippen molar-refractivity contribution in [3.63, 3.8) is 0 Å². The largest absolute Gasteiger partial charge is 0.455 e. The Labute approximate surface area is 202 Å². The summed E-state index contributed by atoms with van der Waals surface area (Å²) in [5.74, 6) is -3.04. The zero-order valence-electron chi connectivity index (χ0n) is 16.8. The lowest BCUT2D eigenvalue weighted by molar-refractivity contribution is -0.151. The smallest absolute Gasteiger partial charge is 0.311 e. The van der Waals surface area contributed by atoms with Crippen LogP contribution in [0.4, 0.5) is 5.69 Å². The van der Waals surface area contributed by atoms with Gasteiger partial charge in [-0.3, -0.25) is 29.6 Å². The summed E-state index contributed by atoms with van der Waals surface area (Å²) in [5, 5.41) is 4.17. The van der Waals surface area contributed by atoms with Crippen molar-refractivity contribution in [3.8, 4) is 0 Å². The van der Waals surface area contributed by atoms with E-state index in [9.17, 15) is 19.2 Å². The SMILES string of the molecule is Cc1cc(NC(=O)COC(=O)[C@H]2CC(=O)N(NC(=O)c3ccc(Cl)c(Cl)c3)C2)ccc1Br. The van der Waals surface area contributed by atoms with Crippen LogP contribution in [0.5, 0.6) is 0 Å². The summed E-state index contributed by atoms with van der Waals surface area (Å²) in [6, 6.07) is 9.57. The van der Waals surface area contributed by atoms with E-state index in [1.54, 1.807) is 18.2 Å². The number of esters is 1. The number of nitrogens with zero attached hydrogens (tertiary/aromatic N) is 1. The Hall–Kier alpha value is -2.62. The van der Waals surface area contributed by atoms with Crippen LogP contribution < -0.4 is 10.7 Å². The van der Waals surface area contributed by atoms with Gasteiger partial charge in [-0.1, -0.05) is 39.1 Å². The van der Waals surface area contributed by atoms with Gasteiger partial charge in [0, 0.05) is 22.1 Å². The molecule has 2 N–H and O–H groups in total. The molecule has 11 heteroatoms. The lowest BCUT2D eigenvalue weighted by atomic mass is 10.1. The van der Waals surface area contributed by atoms with Crippen LogP contribution in [-0.4, -0.2) is 41.9 Å². The first-order valence-electron chi connectivity index (χ1n) is 9.43. The summed E-state index contributed by atoms with van der Waals surface area (Å²) in [4.78, 5) is 48.9. The molecule has 1 atom stereocenters. The minimum absolute atomic E-state index is 0.0712. The summed E-state index contributed by atoms with van der Waals surface area (Å²) in [6.45, 7) is 1.31. The number of anilines is 1. The highest BCUT2D eigenvalue weighted by atomic mass is 79.9. The first-order valence-corrected chi connectivity index (χ1v) is 11.0. The van der Waals surface area contributed by atoms with Crippen molar-refractivity contribution in [2.75, 3.05) is 18.5 Å². The minimum atomic E-state index is -0.806. The topological polar surface area (TPSA) is 105 Å². The molecule has 1 aliphatic heterocycles. The molecule has 2 aromatic carbocycles. The van der Waals surface area contributed by atoms with E-state index in [1.807, 2.05) is 6.92 Å². The molecule has 1 saturated heterocycles. The van der Waals surface area contributed by atoms with Crippen molar-refractivity contribution in [1.29, 1.82) is 0 Å². The summed E-state index contributed by atoms with van der Waals surface area (Å²) in [6.07, 6.45) is -0.145. The van der Waals surface area contributed by atoms with Crippen LogP contribution >= 0.6 is 39.1 Å². The lowest BCUT2D eigenvalue weighted by Crippen LogP contribution is -2.43. The molecular formula is C21H18BrCl2N3O5. The van der Waals surface area contributed by atoms with E-state index < -0.39 is 36.2 Å². The van der Waals surface area contributed by atoms with Gasteiger partial charge in [-0.25, -0.2) is 0 Å². The predicted molar refractivity (Wildman–Crippen MR) is 122 cm³/mol. The fourth-order valence-corrected chi connectivity index (χ4v) is 3.52. The van der Waals surface area contributed by atoms with Gasteiger partial charge < -0.3 is 10.1 Å². The molecule has 8 nitrogen and oxygen atoms in total. The van der Waals surface area contributed by atoms with Gasteiger partial charge in [0.05, 0.1) is 22.5 Å². The number of carbonyl (C=O) groups excluding carboxylic acids is 4. The highest BCUT2D eigenvalue weighted by Crippen LogP contribution is 2.23. The number of rotatable bonds is 6. The standard InChI is InChI=1S/C21H18BrCl2N3O5/c1-11-6-14(3-4-15(11)22)25-18(28)10-32-21(31)13-8-19(29)27(9-13)26-20(30)12-2-5-16(23)17(24)7-12/h2-7,13H,8-10H2,1H3,(H,25,28)(H,26,30)/t13-/m0/s1.